The number of anilines is 1. The summed E-state index contributed by atoms with van der Waals surface area (Å²) in [6, 6.07) is 14.7. The van der Waals surface area contributed by atoms with Gasteiger partial charge < -0.3 is 4.74 Å². The summed E-state index contributed by atoms with van der Waals surface area (Å²) < 4.78 is 5.38. The van der Waals surface area contributed by atoms with E-state index in [-0.39, 0.29) is 28.1 Å². The van der Waals surface area contributed by atoms with Crippen LogP contribution in [-0.4, -0.2) is 22.7 Å². The Morgan fingerprint density at radius 2 is 1.55 bits per heavy atom. The van der Waals surface area contributed by atoms with Crippen molar-refractivity contribution in [2.75, 3.05) is 4.90 Å². The highest BCUT2D eigenvalue weighted by atomic mass is 16.6. The first kappa shape index (κ1) is 20.0. The fourth-order valence-corrected chi connectivity index (χ4v) is 3.27. The number of ether oxygens (including phenoxy) is 1. The van der Waals surface area contributed by atoms with Crippen molar-refractivity contribution in [3.63, 3.8) is 0 Å². The van der Waals surface area contributed by atoms with Crippen LogP contribution in [0.3, 0.4) is 0 Å². The molecule has 0 spiro atoms. The minimum atomic E-state index is -0.658. The lowest BCUT2D eigenvalue weighted by Crippen LogP contribution is -2.29. The number of carbonyl (C=O) groups excluding carboxylic acids is 3. The second-order valence-electron chi connectivity index (χ2n) is 7.12. The number of imide groups is 1. The number of fused-ring (bicyclic) bond motifs is 1. The van der Waals surface area contributed by atoms with E-state index in [4.69, 9.17) is 4.74 Å². The standard InChI is InChI=1S/C23H16N2O6/c1-13-3-9-18(11-14(13)2)31-23(28)15-4-6-16(7-5-15)24-21(26)19-10-8-17(25(29)30)12-20(19)22(24)27/h3-12H,1-2H3. The Bertz CT molecular complexity index is 1260. The highest BCUT2D eigenvalue weighted by Crippen LogP contribution is 2.31. The van der Waals surface area contributed by atoms with Crippen molar-refractivity contribution in [1.82, 2.24) is 0 Å². The van der Waals surface area contributed by atoms with Crippen LogP contribution in [0.15, 0.2) is 60.7 Å². The molecule has 0 bridgehead atoms. The van der Waals surface area contributed by atoms with E-state index in [1.807, 2.05) is 19.9 Å². The number of aryl methyl sites for hydroxylation is 2. The van der Waals surface area contributed by atoms with Crippen LogP contribution in [0.4, 0.5) is 11.4 Å². The highest BCUT2D eigenvalue weighted by Gasteiger charge is 2.37. The quantitative estimate of drug-likeness (QED) is 0.207. The van der Waals surface area contributed by atoms with Gasteiger partial charge >= 0.3 is 5.97 Å². The first-order valence-electron chi connectivity index (χ1n) is 9.33. The third-order valence-electron chi connectivity index (χ3n) is 5.13. The molecule has 0 radical (unpaired) electrons. The Morgan fingerprint density at radius 3 is 2.19 bits per heavy atom. The van der Waals surface area contributed by atoms with Gasteiger partial charge in [0.25, 0.3) is 17.5 Å². The summed E-state index contributed by atoms with van der Waals surface area (Å²) in [6.45, 7) is 3.87. The van der Waals surface area contributed by atoms with Gasteiger partial charge in [-0.2, -0.15) is 0 Å². The van der Waals surface area contributed by atoms with Gasteiger partial charge in [0.05, 0.1) is 27.3 Å². The molecule has 0 saturated heterocycles. The summed E-state index contributed by atoms with van der Waals surface area (Å²) in [7, 11) is 0. The summed E-state index contributed by atoms with van der Waals surface area (Å²) >= 11 is 0. The molecule has 0 fully saturated rings. The molecule has 0 aromatic heterocycles. The average Bonchev–Trinajstić information content (AvgIpc) is 3.00. The third-order valence-corrected chi connectivity index (χ3v) is 5.13. The van der Waals surface area contributed by atoms with Crippen molar-refractivity contribution in [2.45, 2.75) is 13.8 Å². The van der Waals surface area contributed by atoms with Gasteiger partial charge in [0, 0.05) is 12.1 Å². The molecule has 3 aromatic carbocycles. The maximum atomic E-state index is 12.7. The molecule has 31 heavy (non-hydrogen) atoms. The number of hydrogen-bond acceptors (Lipinski definition) is 6. The predicted molar refractivity (Wildman–Crippen MR) is 112 cm³/mol. The van der Waals surface area contributed by atoms with E-state index in [1.54, 1.807) is 12.1 Å². The zero-order valence-electron chi connectivity index (χ0n) is 16.6. The fourth-order valence-electron chi connectivity index (χ4n) is 3.27. The van der Waals surface area contributed by atoms with Crippen LogP contribution in [0.25, 0.3) is 0 Å². The molecule has 3 aromatic rings. The molecule has 154 valence electrons. The Balaban J connectivity index is 1.56. The molecular formula is C23H16N2O6. The van der Waals surface area contributed by atoms with Crippen LogP contribution in [0.2, 0.25) is 0 Å². The number of nitro benzene ring substituents is 1. The number of hydrogen-bond donors (Lipinski definition) is 0. The first-order chi connectivity index (χ1) is 14.8. The van der Waals surface area contributed by atoms with Gasteiger partial charge in [-0.3, -0.25) is 19.7 Å². The second-order valence-corrected chi connectivity index (χ2v) is 7.12. The molecular weight excluding hydrogens is 400 g/mol. The van der Waals surface area contributed by atoms with Crippen molar-refractivity contribution in [3.05, 3.63) is 98.6 Å². The third kappa shape index (κ3) is 3.55. The minimum absolute atomic E-state index is 0.0302. The van der Waals surface area contributed by atoms with Gasteiger partial charge in [0.1, 0.15) is 5.75 Å². The molecule has 0 atom stereocenters. The van der Waals surface area contributed by atoms with Gasteiger partial charge in [-0.05, 0) is 67.4 Å². The zero-order valence-corrected chi connectivity index (χ0v) is 16.6. The number of rotatable bonds is 4. The van der Waals surface area contributed by atoms with E-state index in [0.29, 0.717) is 5.75 Å². The monoisotopic (exact) mass is 416 g/mol. The SMILES string of the molecule is Cc1ccc(OC(=O)c2ccc(N3C(=O)c4ccc([N+](=O)[O-])cc4C3=O)cc2)cc1C. The van der Waals surface area contributed by atoms with E-state index in [1.165, 1.54) is 36.4 Å². The second kappa shape index (κ2) is 7.49. The fraction of sp³-hybridized carbons (Fsp3) is 0.0870. The molecule has 8 nitrogen and oxygen atoms in total. The number of non-ortho nitro benzene ring substituents is 1. The Labute approximate surface area is 176 Å². The van der Waals surface area contributed by atoms with Gasteiger partial charge in [0.15, 0.2) is 0 Å². The summed E-state index contributed by atoms with van der Waals surface area (Å²) in [6.07, 6.45) is 0. The van der Waals surface area contributed by atoms with E-state index in [2.05, 4.69) is 0 Å². The lowest BCUT2D eigenvalue weighted by Gasteiger charge is -2.14. The largest absolute Gasteiger partial charge is 0.423 e. The van der Waals surface area contributed by atoms with E-state index in [9.17, 15) is 24.5 Å². The normalized spacial score (nSPS) is 12.6. The van der Waals surface area contributed by atoms with Crippen molar-refractivity contribution < 1.29 is 24.0 Å². The summed E-state index contributed by atoms with van der Waals surface area (Å²) in [5.74, 6) is -1.40. The van der Waals surface area contributed by atoms with Crippen molar-refractivity contribution >= 4 is 29.2 Å². The van der Waals surface area contributed by atoms with E-state index >= 15 is 0 Å². The Morgan fingerprint density at radius 1 is 0.871 bits per heavy atom. The van der Waals surface area contributed by atoms with Crippen LogP contribution in [0, 0.1) is 24.0 Å². The number of benzene rings is 3. The summed E-state index contributed by atoms with van der Waals surface area (Å²) in [4.78, 5) is 49.0. The van der Waals surface area contributed by atoms with Crippen LogP contribution in [-0.2, 0) is 0 Å². The van der Waals surface area contributed by atoms with Crippen LogP contribution in [0.1, 0.15) is 42.2 Å². The highest BCUT2D eigenvalue weighted by molar-refractivity contribution is 6.34. The topological polar surface area (TPSA) is 107 Å². The smallest absolute Gasteiger partial charge is 0.343 e. The number of nitrogens with zero attached hydrogens (tertiary/aromatic N) is 2. The lowest BCUT2D eigenvalue weighted by atomic mass is 10.1. The van der Waals surface area contributed by atoms with E-state index in [0.717, 1.165) is 22.1 Å². The number of carbonyl (C=O) groups is 3. The minimum Gasteiger partial charge on any atom is -0.423 e. The number of esters is 1. The van der Waals surface area contributed by atoms with Gasteiger partial charge in [-0.15, -0.1) is 0 Å². The molecule has 1 heterocycles. The number of nitro groups is 1. The molecule has 0 aliphatic carbocycles. The molecule has 0 saturated carbocycles. The maximum Gasteiger partial charge on any atom is 0.343 e. The van der Waals surface area contributed by atoms with Crippen LogP contribution in [0.5, 0.6) is 5.75 Å². The number of amides is 2. The van der Waals surface area contributed by atoms with Crippen molar-refractivity contribution in [2.24, 2.45) is 0 Å². The summed E-state index contributed by atoms with van der Waals surface area (Å²) in [5, 5.41) is 11.0. The Hall–Kier alpha value is -4.33. The Kier molecular flexibility index (Phi) is 4.82. The van der Waals surface area contributed by atoms with Crippen molar-refractivity contribution in [3.8, 4) is 5.75 Å². The molecule has 4 rings (SSSR count). The predicted octanol–water partition coefficient (Wildman–Crippen LogP) is 4.23. The summed E-state index contributed by atoms with van der Waals surface area (Å²) in [5.41, 5.74) is 2.35. The van der Waals surface area contributed by atoms with Gasteiger partial charge in [-0.25, -0.2) is 9.69 Å². The lowest BCUT2D eigenvalue weighted by molar-refractivity contribution is -0.384. The van der Waals surface area contributed by atoms with E-state index < -0.39 is 22.7 Å². The van der Waals surface area contributed by atoms with Gasteiger partial charge in [-0.1, -0.05) is 6.07 Å². The molecule has 2 amide bonds. The van der Waals surface area contributed by atoms with Crippen molar-refractivity contribution in [1.29, 1.82) is 0 Å². The molecule has 0 N–H and O–H groups in total. The van der Waals surface area contributed by atoms with Crippen LogP contribution >= 0.6 is 0 Å². The first-order valence-corrected chi connectivity index (χ1v) is 9.33. The average molecular weight is 416 g/mol. The van der Waals surface area contributed by atoms with Crippen LogP contribution < -0.4 is 9.64 Å². The van der Waals surface area contributed by atoms with Gasteiger partial charge in [0.2, 0.25) is 0 Å². The molecule has 0 unspecified atom stereocenters. The zero-order chi connectivity index (χ0) is 22.3. The maximum absolute atomic E-state index is 12.7. The molecule has 8 heteroatoms. The molecule has 1 aliphatic heterocycles. The molecule has 1 aliphatic rings.